The molecule has 0 aromatic carbocycles. The molecule has 2 saturated carbocycles. The zero-order valence-electron chi connectivity index (χ0n) is 16.4. The molecular formula is C20H36N4O3. The van der Waals surface area contributed by atoms with Gasteiger partial charge in [-0.3, -0.25) is 15.5 Å². The van der Waals surface area contributed by atoms with E-state index in [0.29, 0.717) is 24.3 Å². The lowest BCUT2D eigenvalue weighted by Crippen LogP contribution is -2.60. The molecular weight excluding hydrogens is 344 g/mol. The normalized spacial score (nSPS) is 37.9. The number of ether oxygens (including phenoxy) is 1. The largest absolute Gasteiger partial charge is 0.447 e. The number of aliphatic hydroxyl groups is 1. The van der Waals surface area contributed by atoms with Crippen LogP contribution in [0.5, 0.6) is 0 Å². The molecule has 7 nitrogen and oxygen atoms in total. The molecule has 7 heteroatoms. The summed E-state index contributed by atoms with van der Waals surface area (Å²) >= 11 is 0. The molecule has 0 bridgehead atoms. The Morgan fingerprint density at radius 3 is 2.44 bits per heavy atom. The zero-order chi connectivity index (χ0) is 18.6. The van der Waals surface area contributed by atoms with Crippen LogP contribution in [0.1, 0.15) is 57.8 Å². The maximum Gasteiger partial charge on any atom is 0.407 e. The first kappa shape index (κ1) is 19.4. The maximum atomic E-state index is 12.1. The number of hydrogen-bond donors (Lipinski definition) is 4. The number of amides is 1. The van der Waals surface area contributed by atoms with Crippen LogP contribution in [0.2, 0.25) is 0 Å². The van der Waals surface area contributed by atoms with E-state index in [0.717, 1.165) is 31.8 Å². The summed E-state index contributed by atoms with van der Waals surface area (Å²) in [6, 6.07) is 1.39. The first-order valence-corrected chi connectivity index (χ1v) is 11.0. The molecule has 0 aromatic rings. The molecule has 4 N–H and O–H groups in total. The Morgan fingerprint density at radius 2 is 1.74 bits per heavy atom. The smallest absolute Gasteiger partial charge is 0.407 e. The van der Waals surface area contributed by atoms with E-state index in [9.17, 15) is 4.79 Å². The lowest BCUT2D eigenvalue weighted by Gasteiger charge is -2.42. The van der Waals surface area contributed by atoms with Gasteiger partial charge in [0.2, 0.25) is 0 Å². The van der Waals surface area contributed by atoms with E-state index in [1.54, 1.807) is 0 Å². The Hall–Kier alpha value is -0.890. The fraction of sp³-hybridized carbons (Fsp3) is 0.950. The monoisotopic (exact) mass is 380 g/mol. The molecule has 5 atom stereocenters. The van der Waals surface area contributed by atoms with Crippen molar-refractivity contribution >= 4 is 6.09 Å². The molecule has 2 aliphatic carbocycles. The molecule has 0 spiro atoms. The first-order chi connectivity index (χ1) is 13.2. The SMILES string of the molecule is O=C(NC1CC2NC(C3CCCCC3)NC2CC1N1CCCC1)OCCO. The van der Waals surface area contributed by atoms with E-state index >= 15 is 0 Å². The molecule has 0 radical (unpaired) electrons. The lowest BCUT2D eigenvalue weighted by molar-refractivity contribution is 0.0926. The van der Waals surface area contributed by atoms with Gasteiger partial charge in [0, 0.05) is 24.2 Å². The second-order valence-electron chi connectivity index (χ2n) is 8.81. The molecule has 27 heavy (non-hydrogen) atoms. The predicted molar refractivity (Wildman–Crippen MR) is 103 cm³/mol. The van der Waals surface area contributed by atoms with Crippen LogP contribution in [0, 0.1) is 5.92 Å². The van der Waals surface area contributed by atoms with Gasteiger partial charge in [0.1, 0.15) is 6.61 Å². The minimum atomic E-state index is -0.397. The fourth-order valence-electron chi connectivity index (χ4n) is 5.76. The minimum absolute atomic E-state index is 0.0581. The van der Waals surface area contributed by atoms with Gasteiger partial charge in [-0.15, -0.1) is 0 Å². The van der Waals surface area contributed by atoms with Gasteiger partial charge in [0.25, 0.3) is 0 Å². The molecule has 154 valence electrons. The van der Waals surface area contributed by atoms with Gasteiger partial charge in [-0.05, 0) is 57.5 Å². The molecule has 1 amide bonds. The van der Waals surface area contributed by atoms with Crippen molar-refractivity contribution in [1.29, 1.82) is 0 Å². The Kier molecular flexibility index (Phi) is 6.53. The van der Waals surface area contributed by atoms with Gasteiger partial charge < -0.3 is 15.2 Å². The van der Waals surface area contributed by atoms with Crippen LogP contribution in [0.3, 0.4) is 0 Å². The van der Waals surface area contributed by atoms with E-state index in [1.165, 1.54) is 44.9 Å². The van der Waals surface area contributed by atoms with E-state index in [-0.39, 0.29) is 19.3 Å². The Labute approximate surface area is 162 Å². The van der Waals surface area contributed by atoms with Crippen molar-refractivity contribution in [3.05, 3.63) is 0 Å². The van der Waals surface area contributed by atoms with E-state index in [4.69, 9.17) is 9.84 Å². The molecule has 4 rings (SSSR count). The van der Waals surface area contributed by atoms with Gasteiger partial charge in [0.05, 0.1) is 12.8 Å². The number of rotatable bonds is 5. The molecule has 2 aliphatic heterocycles. The van der Waals surface area contributed by atoms with Crippen LogP contribution in [0.15, 0.2) is 0 Å². The van der Waals surface area contributed by atoms with Crippen molar-refractivity contribution < 1.29 is 14.6 Å². The highest BCUT2D eigenvalue weighted by Crippen LogP contribution is 2.33. The van der Waals surface area contributed by atoms with Crippen LogP contribution in [-0.2, 0) is 4.74 Å². The Morgan fingerprint density at radius 1 is 1.04 bits per heavy atom. The van der Waals surface area contributed by atoms with Crippen molar-refractivity contribution in [2.45, 2.75) is 88.1 Å². The minimum Gasteiger partial charge on any atom is -0.447 e. The van der Waals surface area contributed by atoms with E-state index < -0.39 is 6.09 Å². The maximum absolute atomic E-state index is 12.1. The average molecular weight is 381 g/mol. The summed E-state index contributed by atoms with van der Waals surface area (Å²) in [7, 11) is 0. The molecule has 4 aliphatic rings. The Balaban J connectivity index is 1.40. The lowest BCUT2D eigenvalue weighted by atomic mass is 9.83. The molecule has 4 fully saturated rings. The number of aliphatic hydroxyl groups excluding tert-OH is 1. The summed E-state index contributed by atoms with van der Waals surface area (Å²) in [4.78, 5) is 14.7. The molecule has 2 saturated heterocycles. The number of hydrogen-bond acceptors (Lipinski definition) is 6. The number of nitrogens with zero attached hydrogens (tertiary/aromatic N) is 1. The van der Waals surface area contributed by atoms with Crippen molar-refractivity contribution in [3.8, 4) is 0 Å². The van der Waals surface area contributed by atoms with Gasteiger partial charge in [-0.25, -0.2) is 4.79 Å². The number of carbonyl (C=O) groups excluding carboxylic acids is 1. The number of likely N-dealkylation sites (tertiary alicyclic amines) is 1. The van der Waals surface area contributed by atoms with E-state index in [1.807, 2.05) is 0 Å². The summed E-state index contributed by atoms with van der Waals surface area (Å²) in [5.74, 6) is 0.746. The van der Waals surface area contributed by atoms with Crippen molar-refractivity contribution in [2.24, 2.45) is 5.92 Å². The summed E-state index contributed by atoms with van der Waals surface area (Å²) in [6.07, 6.45) is 11.3. The number of nitrogens with one attached hydrogen (secondary N) is 3. The van der Waals surface area contributed by atoms with Gasteiger partial charge in [-0.2, -0.15) is 0 Å². The molecule has 5 unspecified atom stereocenters. The second-order valence-corrected chi connectivity index (χ2v) is 8.81. The predicted octanol–water partition coefficient (Wildman–Crippen LogP) is 1.17. The fourth-order valence-corrected chi connectivity index (χ4v) is 5.76. The number of carbonyl (C=O) groups is 1. The summed E-state index contributed by atoms with van der Waals surface area (Å²) in [5, 5.41) is 19.8. The van der Waals surface area contributed by atoms with Crippen LogP contribution in [0.25, 0.3) is 0 Å². The third-order valence-corrected chi connectivity index (χ3v) is 7.10. The van der Waals surface area contributed by atoms with Gasteiger partial charge in [-0.1, -0.05) is 19.3 Å². The third kappa shape index (κ3) is 4.58. The summed E-state index contributed by atoms with van der Waals surface area (Å²) < 4.78 is 5.08. The summed E-state index contributed by atoms with van der Waals surface area (Å²) in [5.41, 5.74) is 0. The summed E-state index contributed by atoms with van der Waals surface area (Å²) in [6.45, 7) is 2.19. The highest BCUT2D eigenvalue weighted by molar-refractivity contribution is 5.67. The average Bonchev–Trinajstić information content (AvgIpc) is 3.36. The quantitative estimate of drug-likeness (QED) is 0.573. The number of alkyl carbamates (subject to hydrolysis) is 1. The van der Waals surface area contributed by atoms with Crippen molar-refractivity contribution in [2.75, 3.05) is 26.3 Å². The van der Waals surface area contributed by atoms with Crippen LogP contribution >= 0.6 is 0 Å². The molecule has 2 heterocycles. The van der Waals surface area contributed by atoms with Crippen molar-refractivity contribution in [1.82, 2.24) is 20.9 Å². The highest BCUT2D eigenvalue weighted by Gasteiger charge is 2.46. The van der Waals surface area contributed by atoms with Crippen molar-refractivity contribution in [3.63, 3.8) is 0 Å². The second kappa shape index (κ2) is 9.07. The highest BCUT2D eigenvalue weighted by atomic mass is 16.6. The van der Waals surface area contributed by atoms with Gasteiger partial charge in [0.15, 0.2) is 0 Å². The molecule has 0 aromatic heterocycles. The van der Waals surface area contributed by atoms with Crippen LogP contribution in [-0.4, -0.2) is 72.7 Å². The first-order valence-electron chi connectivity index (χ1n) is 11.0. The zero-order valence-corrected chi connectivity index (χ0v) is 16.4. The van der Waals surface area contributed by atoms with Crippen LogP contribution < -0.4 is 16.0 Å². The third-order valence-electron chi connectivity index (χ3n) is 7.10. The van der Waals surface area contributed by atoms with Gasteiger partial charge >= 0.3 is 6.09 Å². The number of fused-ring (bicyclic) bond motifs is 1. The van der Waals surface area contributed by atoms with E-state index in [2.05, 4.69) is 20.9 Å². The van der Waals surface area contributed by atoms with Crippen LogP contribution in [0.4, 0.5) is 4.79 Å². The standard InChI is InChI=1S/C20H36N4O3/c25-10-11-27-20(26)23-17-12-15-16(13-18(17)24-8-4-5-9-24)22-19(21-15)14-6-2-1-3-7-14/h14-19,21-22,25H,1-13H2,(H,23,26). The topological polar surface area (TPSA) is 85.9 Å². The Bertz CT molecular complexity index is 494.